The number of hydrogen-bond donors (Lipinski definition) is 0. The molecular formula is C25H24F3N5O2S. The highest BCUT2D eigenvalue weighted by Gasteiger charge is 2.32. The van der Waals surface area contributed by atoms with Crippen LogP contribution in [0, 0.1) is 6.92 Å². The van der Waals surface area contributed by atoms with Crippen molar-refractivity contribution >= 4 is 22.9 Å². The molecule has 1 aliphatic heterocycles. The average Bonchev–Trinajstić information content (AvgIpc) is 3.46. The summed E-state index contributed by atoms with van der Waals surface area (Å²) in [6, 6.07) is 9.65. The minimum atomic E-state index is -4.46. The largest absolute Gasteiger partial charge is 0.479 e. The molecule has 0 aliphatic carbocycles. The van der Waals surface area contributed by atoms with Gasteiger partial charge in [-0.1, -0.05) is 30.3 Å². The lowest BCUT2D eigenvalue weighted by Gasteiger charge is -2.35. The Bertz CT molecular complexity index is 1370. The fourth-order valence-corrected chi connectivity index (χ4v) is 5.44. The van der Waals surface area contributed by atoms with Gasteiger partial charge in [-0.3, -0.25) is 9.20 Å². The number of likely N-dealkylation sites (tertiary alicyclic amines) is 1. The molecule has 1 aliphatic rings. The van der Waals surface area contributed by atoms with Gasteiger partial charge >= 0.3 is 6.18 Å². The zero-order valence-corrected chi connectivity index (χ0v) is 20.3. The molecule has 36 heavy (non-hydrogen) atoms. The van der Waals surface area contributed by atoms with Crippen LogP contribution in [-0.2, 0) is 6.42 Å². The van der Waals surface area contributed by atoms with Crippen LogP contribution in [0.15, 0.2) is 49.1 Å². The van der Waals surface area contributed by atoms with E-state index in [2.05, 4.69) is 15.0 Å². The average molecular weight is 516 g/mol. The van der Waals surface area contributed by atoms with Crippen LogP contribution in [0.25, 0.3) is 16.1 Å². The number of aryl methyl sites for hydroxylation is 1. The maximum Gasteiger partial charge on any atom is 0.422 e. The van der Waals surface area contributed by atoms with Crippen molar-refractivity contribution in [3.63, 3.8) is 0 Å². The third kappa shape index (κ3) is 5.20. The fourth-order valence-electron chi connectivity index (χ4n) is 4.52. The number of fused-ring (bicyclic) bond motifs is 1. The summed E-state index contributed by atoms with van der Waals surface area (Å²) in [5.74, 6) is -0.148. The number of amides is 1. The Morgan fingerprint density at radius 2 is 2.00 bits per heavy atom. The Balaban J connectivity index is 1.39. The predicted octanol–water partition coefficient (Wildman–Crippen LogP) is 5.34. The molecule has 0 unspecified atom stereocenters. The molecule has 4 aromatic rings. The number of thiazole rings is 1. The van der Waals surface area contributed by atoms with E-state index in [0.717, 1.165) is 34.7 Å². The SMILES string of the molecule is Cc1nc(C(=O)N2CCCC[C@H]2Cc2cn3cncc(OCC(F)(F)F)c3n2)c(-c2ccccc2)s1. The normalized spacial score (nSPS) is 16.4. The molecule has 0 saturated carbocycles. The van der Waals surface area contributed by atoms with Gasteiger partial charge in [-0.15, -0.1) is 11.3 Å². The zero-order chi connectivity index (χ0) is 25.3. The Morgan fingerprint density at radius 1 is 1.19 bits per heavy atom. The van der Waals surface area contributed by atoms with Crippen molar-refractivity contribution in [2.45, 2.75) is 44.8 Å². The first-order valence-corrected chi connectivity index (χ1v) is 12.4. The van der Waals surface area contributed by atoms with Gasteiger partial charge in [-0.2, -0.15) is 13.2 Å². The van der Waals surface area contributed by atoms with Gasteiger partial charge in [0.25, 0.3) is 5.91 Å². The molecule has 1 aromatic carbocycles. The van der Waals surface area contributed by atoms with E-state index >= 15 is 0 Å². The van der Waals surface area contributed by atoms with Crippen LogP contribution < -0.4 is 4.74 Å². The van der Waals surface area contributed by atoms with Crippen molar-refractivity contribution in [1.29, 1.82) is 0 Å². The number of aromatic nitrogens is 4. The molecule has 1 amide bonds. The van der Waals surface area contributed by atoms with Crippen LogP contribution in [0.2, 0.25) is 0 Å². The zero-order valence-electron chi connectivity index (χ0n) is 19.5. The molecule has 188 valence electrons. The highest BCUT2D eigenvalue weighted by atomic mass is 32.1. The number of carbonyl (C=O) groups excluding carboxylic acids is 1. The first-order chi connectivity index (χ1) is 17.3. The molecule has 4 heterocycles. The number of hydrogen-bond acceptors (Lipinski definition) is 6. The Hall–Kier alpha value is -3.47. The molecule has 0 N–H and O–H groups in total. The molecule has 5 rings (SSSR count). The lowest BCUT2D eigenvalue weighted by atomic mass is 9.97. The highest BCUT2D eigenvalue weighted by Crippen LogP contribution is 2.33. The van der Waals surface area contributed by atoms with Gasteiger partial charge in [0.2, 0.25) is 0 Å². The van der Waals surface area contributed by atoms with Crippen LogP contribution in [-0.4, -0.2) is 55.5 Å². The number of imidazole rings is 1. The number of carbonyl (C=O) groups is 1. The van der Waals surface area contributed by atoms with E-state index < -0.39 is 12.8 Å². The van der Waals surface area contributed by atoms with Gasteiger partial charge in [-0.25, -0.2) is 15.0 Å². The van der Waals surface area contributed by atoms with Gasteiger partial charge in [0.1, 0.15) is 12.0 Å². The maximum absolute atomic E-state index is 13.7. The minimum absolute atomic E-state index is 0.0388. The summed E-state index contributed by atoms with van der Waals surface area (Å²) < 4.78 is 44.4. The van der Waals surface area contributed by atoms with Crippen LogP contribution in [0.1, 0.15) is 40.5 Å². The monoisotopic (exact) mass is 515 g/mol. The number of benzene rings is 1. The molecule has 1 atom stereocenters. The Labute approximate surface area is 209 Å². The van der Waals surface area contributed by atoms with E-state index in [0.29, 0.717) is 24.4 Å². The summed E-state index contributed by atoms with van der Waals surface area (Å²) in [6.45, 7) is 1.09. The smallest absolute Gasteiger partial charge is 0.422 e. The number of piperidine rings is 1. The molecule has 3 aromatic heterocycles. The quantitative estimate of drug-likeness (QED) is 0.347. The summed E-state index contributed by atoms with van der Waals surface area (Å²) in [7, 11) is 0. The van der Waals surface area contributed by atoms with E-state index in [1.165, 1.54) is 23.9 Å². The first kappa shape index (κ1) is 24.2. The standard InChI is InChI=1S/C25H24F3N5O2S/c1-16-30-21(22(36-16)17-7-3-2-4-8-17)24(34)33-10-6-5-9-19(33)11-18-13-32-15-29-12-20(23(32)31-18)35-14-25(26,27)28/h2-4,7-8,12-13,15,19H,5-6,9-11,14H2,1H3/t19-/m0/s1. The number of alkyl halides is 3. The highest BCUT2D eigenvalue weighted by molar-refractivity contribution is 7.15. The molecule has 1 saturated heterocycles. The molecule has 1 fully saturated rings. The second kappa shape index (κ2) is 9.88. The molecule has 0 spiro atoms. The Morgan fingerprint density at radius 3 is 2.78 bits per heavy atom. The number of nitrogens with zero attached hydrogens (tertiary/aromatic N) is 5. The Kier molecular flexibility index (Phi) is 6.65. The first-order valence-electron chi connectivity index (χ1n) is 11.6. The van der Waals surface area contributed by atoms with Crippen molar-refractivity contribution in [3.8, 4) is 16.2 Å². The fraction of sp³-hybridized carbons (Fsp3) is 0.360. The molecule has 0 bridgehead atoms. The summed E-state index contributed by atoms with van der Waals surface area (Å²) in [6.07, 6.45) is 3.11. The van der Waals surface area contributed by atoms with Crippen LogP contribution in [0.5, 0.6) is 5.75 Å². The van der Waals surface area contributed by atoms with E-state index in [9.17, 15) is 18.0 Å². The van der Waals surface area contributed by atoms with Crippen LogP contribution in [0.4, 0.5) is 13.2 Å². The third-order valence-electron chi connectivity index (χ3n) is 6.08. The molecule has 7 nitrogen and oxygen atoms in total. The lowest BCUT2D eigenvalue weighted by molar-refractivity contribution is -0.153. The van der Waals surface area contributed by atoms with Crippen molar-refractivity contribution in [2.24, 2.45) is 0 Å². The van der Waals surface area contributed by atoms with Gasteiger partial charge in [0.15, 0.2) is 18.0 Å². The second-order valence-corrected chi connectivity index (χ2v) is 9.96. The number of rotatable bonds is 6. The van der Waals surface area contributed by atoms with Crippen molar-refractivity contribution in [1.82, 2.24) is 24.3 Å². The minimum Gasteiger partial charge on any atom is -0.479 e. The lowest BCUT2D eigenvalue weighted by Crippen LogP contribution is -2.45. The molecule has 11 heteroatoms. The topological polar surface area (TPSA) is 72.6 Å². The summed E-state index contributed by atoms with van der Waals surface area (Å²) >= 11 is 1.50. The van der Waals surface area contributed by atoms with Gasteiger partial charge in [0, 0.05) is 25.2 Å². The molecular weight excluding hydrogens is 491 g/mol. The predicted molar refractivity (Wildman–Crippen MR) is 129 cm³/mol. The van der Waals surface area contributed by atoms with Crippen molar-refractivity contribution < 1.29 is 22.7 Å². The molecule has 0 radical (unpaired) electrons. The summed E-state index contributed by atoms with van der Waals surface area (Å²) in [4.78, 5) is 29.5. The van der Waals surface area contributed by atoms with E-state index in [1.54, 1.807) is 10.6 Å². The van der Waals surface area contributed by atoms with E-state index in [4.69, 9.17) is 4.74 Å². The summed E-state index contributed by atoms with van der Waals surface area (Å²) in [5.41, 5.74) is 2.33. The van der Waals surface area contributed by atoms with Gasteiger partial charge in [0.05, 0.1) is 21.8 Å². The van der Waals surface area contributed by atoms with E-state index in [1.807, 2.05) is 42.2 Å². The van der Waals surface area contributed by atoms with Crippen molar-refractivity contribution in [3.05, 3.63) is 65.4 Å². The van der Waals surface area contributed by atoms with E-state index in [-0.39, 0.29) is 23.3 Å². The van der Waals surface area contributed by atoms with Crippen LogP contribution in [0.3, 0.4) is 0 Å². The second-order valence-electron chi connectivity index (χ2n) is 8.75. The number of ether oxygens (including phenoxy) is 1. The summed E-state index contributed by atoms with van der Waals surface area (Å²) in [5, 5.41) is 0.824. The maximum atomic E-state index is 13.7. The van der Waals surface area contributed by atoms with Crippen LogP contribution >= 0.6 is 11.3 Å². The van der Waals surface area contributed by atoms with Crippen molar-refractivity contribution in [2.75, 3.05) is 13.2 Å². The third-order valence-corrected chi connectivity index (χ3v) is 7.10. The number of halogens is 3. The van der Waals surface area contributed by atoms with Gasteiger partial charge in [-0.05, 0) is 31.7 Å². The van der Waals surface area contributed by atoms with Gasteiger partial charge < -0.3 is 9.64 Å².